The van der Waals surface area contributed by atoms with E-state index in [9.17, 15) is 5.11 Å². The Bertz CT molecular complexity index is 1010. The zero-order chi connectivity index (χ0) is 31.7. The van der Waals surface area contributed by atoms with Crippen molar-refractivity contribution in [3.8, 4) is 17.2 Å². The molecule has 1 N–H and O–H groups in total. The van der Waals surface area contributed by atoms with E-state index in [1.807, 2.05) is 13.0 Å². The van der Waals surface area contributed by atoms with E-state index in [-0.39, 0.29) is 46.0 Å². The average Bonchev–Trinajstić information content (AvgIpc) is 2.84. The van der Waals surface area contributed by atoms with Crippen LogP contribution in [0.3, 0.4) is 0 Å². The standard InChI is InChI=1S/C33H62O6Si2/c1-21(20-37-40(13,14)32(5,6)7)17-18-26-22(2)29(39-41(15,16)33(8,9)10)24(4)30(38-26)25-19-27(35-11)23(3)31(36-12)28(25)34/h19,21-22,24,26,29-30,34H,17-18,20H2,1-16H3/t21-,22-,24+,26+,29-,30+/m0/s1. The number of hydrogen-bond donors (Lipinski definition) is 1. The van der Waals surface area contributed by atoms with Gasteiger partial charge in [0.25, 0.3) is 0 Å². The molecular weight excluding hydrogens is 549 g/mol. The van der Waals surface area contributed by atoms with Crippen LogP contribution < -0.4 is 9.47 Å². The van der Waals surface area contributed by atoms with E-state index in [2.05, 4.69) is 88.5 Å². The summed E-state index contributed by atoms with van der Waals surface area (Å²) in [4.78, 5) is 0. The first-order valence-corrected chi connectivity index (χ1v) is 21.3. The lowest BCUT2D eigenvalue weighted by molar-refractivity contribution is -0.165. The fraction of sp³-hybridized carbons (Fsp3) is 0.818. The molecule has 1 fully saturated rings. The molecule has 1 heterocycles. The maximum absolute atomic E-state index is 11.4. The maximum Gasteiger partial charge on any atom is 0.192 e. The molecule has 0 bridgehead atoms. The van der Waals surface area contributed by atoms with E-state index in [4.69, 9.17) is 23.1 Å². The minimum atomic E-state index is -2.07. The molecule has 0 spiro atoms. The summed E-state index contributed by atoms with van der Waals surface area (Å²) in [5.74, 6) is 1.89. The Morgan fingerprint density at radius 2 is 1.49 bits per heavy atom. The highest BCUT2D eigenvalue weighted by Gasteiger charge is 2.48. The van der Waals surface area contributed by atoms with Gasteiger partial charge in [0.15, 0.2) is 28.1 Å². The number of aromatic hydroxyl groups is 1. The second-order valence-electron chi connectivity index (χ2n) is 15.6. The lowest BCUT2D eigenvalue weighted by Gasteiger charge is -2.50. The summed E-state index contributed by atoms with van der Waals surface area (Å²) in [7, 11) is -0.641. The number of methoxy groups -OCH3 is 2. The molecule has 41 heavy (non-hydrogen) atoms. The van der Waals surface area contributed by atoms with Gasteiger partial charge in [-0.05, 0) is 68.0 Å². The summed E-state index contributed by atoms with van der Waals surface area (Å²) in [6.45, 7) is 32.4. The summed E-state index contributed by atoms with van der Waals surface area (Å²) in [5, 5.41) is 11.7. The van der Waals surface area contributed by atoms with Crippen molar-refractivity contribution in [3.63, 3.8) is 0 Å². The topological polar surface area (TPSA) is 66.4 Å². The summed E-state index contributed by atoms with van der Waals surface area (Å²) in [5.41, 5.74) is 1.47. The molecule has 1 aliphatic heterocycles. The Balaban J connectivity index is 2.42. The number of rotatable bonds is 11. The Labute approximate surface area is 254 Å². The van der Waals surface area contributed by atoms with Crippen molar-refractivity contribution in [2.45, 2.75) is 137 Å². The highest BCUT2D eigenvalue weighted by atomic mass is 28.4. The fourth-order valence-electron chi connectivity index (χ4n) is 5.23. The lowest BCUT2D eigenvalue weighted by atomic mass is 9.78. The normalized spacial score (nSPS) is 25.2. The van der Waals surface area contributed by atoms with Gasteiger partial charge in [-0.3, -0.25) is 0 Å². The van der Waals surface area contributed by atoms with Crippen LogP contribution in [-0.4, -0.2) is 54.8 Å². The highest BCUT2D eigenvalue weighted by Crippen LogP contribution is 2.51. The third-order valence-electron chi connectivity index (χ3n) is 10.4. The van der Waals surface area contributed by atoms with Crippen LogP contribution in [0.1, 0.15) is 92.4 Å². The van der Waals surface area contributed by atoms with Gasteiger partial charge in [0.05, 0.1) is 32.5 Å². The second-order valence-corrected chi connectivity index (χ2v) is 25.2. The van der Waals surface area contributed by atoms with Crippen LogP contribution in [0.5, 0.6) is 17.2 Å². The molecule has 6 atom stereocenters. The first-order valence-electron chi connectivity index (χ1n) is 15.5. The van der Waals surface area contributed by atoms with Crippen LogP contribution in [0.25, 0.3) is 0 Å². The Kier molecular flexibility index (Phi) is 11.7. The third kappa shape index (κ3) is 8.11. The van der Waals surface area contributed by atoms with Crippen molar-refractivity contribution in [2.24, 2.45) is 17.8 Å². The Morgan fingerprint density at radius 3 is 1.98 bits per heavy atom. The van der Waals surface area contributed by atoms with Gasteiger partial charge in [-0.15, -0.1) is 0 Å². The molecule has 2 rings (SSSR count). The summed E-state index contributed by atoms with van der Waals surface area (Å²) >= 11 is 0. The average molecular weight is 611 g/mol. The number of hydrogen-bond acceptors (Lipinski definition) is 6. The van der Waals surface area contributed by atoms with Crippen molar-refractivity contribution in [3.05, 3.63) is 17.2 Å². The Hall–Kier alpha value is -1.07. The molecule has 8 heteroatoms. The molecule has 0 aliphatic carbocycles. The van der Waals surface area contributed by atoms with Crippen molar-refractivity contribution in [2.75, 3.05) is 20.8 Å². The van der Waals surface area contributed by atoms with Gasteiger partial charge in [-0.1, -0.05) is 62.3 Å². The van der Waals surface area contributed by atoms with Gasteiger partial charge in [-0.25, -0.2) is 0 Å². The molecule has 0 amide bonds. The van der Waals surface area contributed by atoms with Crippen LogP contribution in [0.2, 0.25) is 36.3 Å². The van der Waals surface area contributed by atoms with Crippen molar-refractivity contribution >= 4 is 16.6 Å². The third-order valence-corrected chi connectivity index (χ3v) is 19.3. The van der Waals surface area contributed by atoms with Crippen molar-refractivity contribution in [1.82, 2.24) is 0 Å². The zero-order valence-electron chi connectivity index (χ0n) is 29.2. The summed E-state index contributed by atoms with van der Waals surface area (Å²) in [6.07, 6.45) is 1.54. The molecule has 1 aromatic carbocycles. The van der Waals surface area contributed by atoms with E-state index < -0.39 is 16.6 Å². The van der Waals surface area contributed by atoms with E-state index in [1.165, 1.54) is 0 Å². The van der Waals surface area contributed by atoms with E-state index in [1.54, 1.807) is 14.2 Å². The largest absolute Gasteiger partial charge is 0.504 e. The van der Waals surface area contributed by atoms with Gasteiger partial charge in [0, 0.05) is 29.6 Å². The maximum atomic E-state index is 11.4. The molecular formula is C33H62O6Si2. The SMILES string of the molecule is COc1cc([C@@H]2O[C@H](CC[C@H](C)CO[Si](C)(C)C(C)(C)C)[C@H](C)[C@H](O[Si](C)(C)C(C)(C)C)[C@H]2C)c(O)c(OC)c1C. The van der Waals surface area contributed by atoms with Gasteiger partial charge >= 0.3 is 0 Å². The zero-order valence-corrected chi connectivity index (χ0v) is 31.2. The molecule has 0 unspecified atom stereocenters. The summed E-state index contributed by atoms with van der Waals surface area (Å²) < 4.78 is 31.9. The van der Waals surface area contributed by atoms with Crippen LogP contribution in [-0.2, 0) is 13.6 Å². The van der Waals surface area contributed by atoms with Crippen LogP contribution >= 0.6 is 0 Å². The second kappa shape index (κ2) is 13.3. The number of benzene rings is 1. The van der Waals surface area contributed by atoms with E-state index >= 15 is 0 Å². The number of phenolic OH excluding ortho intramolecular Hbond substituents is 1. The van der Waals surface area contributed by atoms with E-state index in [0.717, 1.165) is 25.0 Å². The number of phenols is 1. The molecule has 238 valence electrons. The lowest BCUT2D eigenvalue weighted by Crippen LogP contribution is -2.53. The van der Waals surface area contributed by atoms with Gasteiger partial charge in [0.2, 0.25) is 0 Å². The first-order chi connectivity index (χ1) is 18.6. The van der Waals surface area contributed by atoms with Crippen molar-refractivity contribution < 1.29 is 28.2 Å². The fourth-order valence-corrected chi connectivity index (χ4v) is 7.83. The first kappa shape index (κ1) is 36.1. The minimum Gasteiger partial charge on any atom is -0.504 e. The highest BCUT2D eigenvalue weighted by molar-refractivity contribution is 6.74. The van der Waals surface area contributed by atoms with Crippen molar-refractivity contribution in [1.29, 1.82) is 0 Å². The molecule has 1 aliphatic rings. The summed E-state index contributed by atoms with van der Waals surface area (Å²) in [6, 6.07) is 1.92. The van der Waals surface area contributed by atoms with Crippen LogP contribution in [0.15, 0.2) is 6.07 Å². The molecule has 0 saturated carbocycles. The molecule has 1 saturated heterocycles. The molecule has 0 aromatic heterocycles. The quantitative estimate of drug-likeness (QED) is 0.252. The predicted molar refractivity (Wildman–Crippen MR) is 176 cm³/mol. The molecule has 1 aromatic rings. The Morgan fingerprint density at radius 1 is 0.927 bits per heavy atom. The van der Waals surface area contributed by atoms with Gasteiger partial charge < -0.3 is 28.2 Å². The minimum absolute atomic E-state index is 0.00359. The predicted octanol–water partition coefficient (Wildman–Crippen LogP) is 9.26. The monoisotopic (exact) mass is 610 g/mol. The smallest absolute Gasteiger partial charge is 0.192 e. The van der Waals surface area contributed by atoms with Crippen LogP contribution in [0.4, 0.5) is 0 Å². The van der Waals surface area contributed by atoms with Gasteiger partial charge in [0.1, 0.15) is 5.75 Å². The van der Waals surface area contributed by atoms with Gasteiger partial charge in [-0.2, -0.15) is 0 Å². The molecule has 0 radical (unpaired) electrons. The van der Waals surface area contributed by atoms with E-state index in [0.29, 0.717) is 23.0 Å². The molecule has 6 nitrogen and oxygen atoms in total. The van der Waals surface area contributed by atoms with Crippen LogP contribution in [0, 0.1) is 24.7 Å². The number of ether oxygens (including phenoxy) is 3.